The number of rotatable bonds is 3. The van der Waals surface area contributed by atoms with Crippen LogP contribution in [0.3, 0.4) is 0 Å². The van der Waals surface area contributed by atoms with Gasteiger partial charge in [0.25, 0.3) is 0 Å². The van der Waals surface area contributed by atoms with Crippen LogP contribution < -0.4 is 0 Å². The predicted molar refractivity (Wildman–Crippen MR) is 77.8 cm³/mol. The molecule has 0 aliphatic carbocycles. The minimum atomic E-state index is -0.687. The van der Waals surface area contributed by atoms with Gasteiger partial charge in [-0.3, -0.25) is 4.68 Å². The zero-order chi connectivity index (χ0) is 14.2. The van der Waals surface area contributed by atoms with E-state index in [4.69, 9.17) is 23.2 Å². The summed E-state index contributed by atoms with van der Waals surface area (Å²) in [7, 11) is 1.78. The van der Waals surface area contributed by atoms with E-state index in [1.165, 1.54) is 0 Å². The van der Waals surface area contributed by atoms with Gasteiger partial charge in [-0.1, -0.05) is 41.4 Å². The average molecular weight is 299 g/mol. The molecule has 0 fully saturated rings. The number of hydrogen-bond donors (Lipinski definition) is 1. The number of halogens is 2. The van der Waals surface area contributed by atoms with Crippen LogP contribution in [0.4, 0.5) is 0 Å². The largest absolute Gasteiger partial charge is 0.388 e. The molecule has 19 heavy (non-hydrogen) atoms. The molecule has 1 atom stereocenters. The first-order valence-corrected chi connectivity index (χ1v) is 6.78. The Labute approximate surface area is 122 Å². The number of aliphatic hydroxyl groups is 1. The van der Waals surface area contributed by atoms with Crippen molar-refractivity contribution in [2.45, 2.75) is 26.4 Å². The van der Waals surface area contributed by atoms with Crippen LogP contribution >= 0.6 is 23.2 Å². The van der Waals surface area contributed by atoms with Crippen LogP contribution in [0.2, 0.25) is 10.2 Å². The molecule has 1 heterocycles. The van der Waals surface area contributed by atoms with Crippen molar-refractivity contribution in [1.82, 2.24) is 9.78 Å². The SMILES string of the molecule is Cc1cccc(C(O)Cc2c(C)nn(C)c2Cl)c1Cl. The fourth-order valence-corrected chi connectivity index (χ4v) is 2.64. The Bertz CT molecular complexity index is 608. The second-order valence-corrected chi connectivity index (χ2v) is 5.41. The first-order chi connectivity index (χ1) is 8.91. The molecule has 1 aromatic carbocycles. The smallest absolute Gasteiger partial charge is 0.130 e. The molecule has 102 valence electrons. The summed E-state index contributed by atoms with van der Waals surface area (Å²) >= 11 is 12.4. The zero-order valence-corrected chi connectivity index (χ0v) is 12.6. The van der Waals surface area contributed by atoms with E-state index < -0.39 is 6.10 Å². The van der Waals surface area contributed by atoms with Crippen LogP contribution in [-0.2, 0) is 13.5 Å². The van der Waals surface area contributed by atoms with E-state index >= 15 is 0 Å². The summed E-state index contributed by atoms with van der Waals surface area (Å²) < 4.78 is 1.61. The summed E-state index contributed by atoms with van der Waals surface area (Å²) in [5.41, 5.74) is 3.36. The molecule has 0 aliphatic heterocycles. The first kappa shape index (κ1) is 14.4. The number of nitrogens with zero attached hydrogens (tertiary/aromatic N) is 2. The van der Waals surface area contributed by atoms with Crippen molar-refractivity contribution in [2.24, 2.45) is 7.05 Å². The Hall–Kier alpha value is -1.03. The van der Waals surface area contributed by atoms with Crippen LogP contribution in [0.15, 0.2) is 18.2 Å². The van der Waals surface area contributed by atoms with Gasteiger partial charge in [0.15, 0.2) is 0 Å². The number of aliphatic hydroxyl groups excluding tert-OH is 1. The van der Waals surface area contributed by atoms with E-state index in [1.54, 1.807) is 11.7 Å². The van der Waals surface area contributed by atoms with Crippen molar-refractivity contribution in [3.8, 4) is 0 Å². The number of aromatic nitrogens is 2. The summed E-state index contributed by atoms with van der Waals surface area (Å²) in [6, 6.07) is 5.64. The van der Waals surface area contributed by atoms with Gasteiger partial charge in [0.05, 0.1) is 11.8 Å². The fourth-order valence-electron chi connectivity index (χ4n) is 2.14. The lowest BCUT2D eigenvalue weighted by Gasteiger charge is -2.14. The Morgan fingerprint density at radius 1 is 1.32 bits per heavy atom. The Kier molecular flexibility index (Phi) is 4.19. The minimum absolute atomic E-state index is 0.404. The Morgan fingerprint density at radius 3 is 2.58 bits per heavy atom. The summed E-state index contributed by atoms with van der Waals surface area (Å²) in [6.07, 6.45) is -0.283. The molecule has 0 bridgehead atoms. The molecular weight excluding hydrogens is 283 g/mol. The van der Waals surface area contributed by atoms with Gasteiger partial charge >= 0.3 is 0 Å². The number of benzene rings is 1. The van der Waals surface area contributed by atoms with Crippen LogP contribution in [-0.4, -0.2) is 14.9 Å². The van der Waals surface area contributed by atoms with Crippen molar-refractivity contribution in [2.75, 3.05) is 0 Å². The van der Waals surface area contributed by atoms with E-state index in [2.05, 4.69) is 5.10 Å². The summed E-state index contributed by atoms with van der Waals surface area (Å²) in [4.78, 5) is 0. The maximum atomic E-state index is 10.4. The molecule has 1 N–H and O–H groups in total. The maximum absolute atomic E-state index is 10.4. The minimum Gasteiger partial charge on any atom is -0.388 e. The van der Waals surface area contributed by atoms with Crippen molar-refractivity contribution in [3.05, 3.63) is 50.8 Å². The molecule has 0 radical (unpaired) electrons. The summed E-state index contributed by atoms with van der Waals surface area (Å²) in [5.74, 6) is 0. The highest BCUT2D eigenvalue weighted by Crippen LogP contribution is 2.30. The molecular formula is C14H16Cl2N2O. The molecule has 0 saturated carbocycles. The number of aryl methyl sites for hydroxylation is 3. The standard InChI is InChI=1S/C14H16Cl2N2O/c1-8-5-4-6-10(13(8)15)12(19)7-11-9(2)17-18(3)14(11)16/h4-6,12,19H,7H2,1-3H3. The lowest BCUT2D eigenvalue weighted by molar-refractivity contribution is 0.178. The van der Waals surface area contributed by atoms with Crippen LogP contribution in [0, 0.1) is 13.8 Å². The third kappa shape index (κ3) is 2.78. The number of hydrogen-bond acceptors (Lipinski definition) is 2. The van der Waals surface area contributed by atoms with Gasteiger partial charge in [0.2, 0.25) is 0 Å². The van der Waals surface area contributed by atoms with Gasteiger partial charge in [-0.2, -0.15) is 5.10 Å². The molecule has 1 unspecified atom stereocenters. The molecule has 0 spiro atoms. The van der Waals surface area contributed by atoms with Crippen molar-refractivity contribution >= 4 is 23.2 Å². The highest BCUT2D eigenvalue weighted by atomic mass is 35.5. The van der Waals surface area contributed by atoms with E-state index in [1.807, 2.05) is 32.0 Å². The van der Waals surface area contributed by atoms with E-state index in [-0.39, 0.29) is 0 Å². The zero-order valence-electron chi connectivity index (χ0n) is 11.1. The Balaban J connectivity index is 2.31. The molecule has 0 aliphatic rings. The normalized spacial score (nSPS) is 12.7. The van der Waals surface area contributed by atoms with Crippen LogP contribution in [0.25, 0.3) is 0 Å². The highest BCUT2D eigenvalue weighted by Gasteiger charge is 2.19. The highest BCUT2D eigenvalue weighted by molar-refractivity contribution is 6.32. The van der Waals surface area contributed by atoms with Gasteiger partial charge < -0.3 is 5.11 Å². The second-order valence-electron chi connectivity index (χ2n) is 4.68. The van der Waals surface area contributed by atoms with Crippen molar-refractivity contribution < 1.29 is 5.11 Å². The second kappa shape index (κ2) is 5.53. The molecule has 0 amide bonds. The topological polar surface area (TPSA) is 38.1 Å². The van der Waals surface area contributed by atoms with Crippen LogP contribution in [0.1, 0.15) is 28.5 Å². The van der Waals surface area contributed by atoms with Gasteiger partial charge in [-0.25, -0.2) is 0 Å². The van der Waals surface area contributed by atoms with Gasteiger partial charge in [0.1, 0.15) is 5.15 Å². The maximum Gasteiger partial charge on any atom is 0.130 e. The van der Waals surface area contributed by atoms with Gasteiger partial charge in [0, 0.05) is 24.1 Å². The molecule has 2 aromatic rings. The van der Waals surface area contributed by atoms with Gasteiger partial charge in [-0.05, 0) is 25.0 Å². The summed E-state index contributed by atoms with van der Waals surface area (Å²) in [5, 5.41) is 15.8. The fraction of sp³-hybridized carbons (Fsp3) is 0.357. The van der Waals surface area contributed by atoms with Gasteiger partial charge in [-0.15, -0.1) is 0 Å². The third-order valence-corrected chi connectivity index (χ3v) is 4.24. The average Bonchev–Trinajstić information content (AvgIpc) is 2.59. The molecule has 2 rings (SSSR count). The molecule has 0 saturated heterocycles. The lowest BCUT2D eigenvalue weighted by Crippen LogP contribution is -2.04. The van der Waals surface area contributed by atoms with E-state index in [0.29, 0.717) is 16.6 Å². The third-order valence-electron chi connectivity index (χ3n) is 3.25. The monoisotopic (exact) mass is 298 g/mol. The molecule has 1 aromatic heterocycles. The molecule has 3 nitrogen and oxygen atoms in total. The predicted octanol–water partition coefficient (Wildman–Crippen LogP) is 3.62. The van der Waals surface area contributed by atoms with Crippen molar-refractivity contribution in [3.63, 3.8) is 0 Å². The molecule has 5 heteroatoms. The van der Waals surface area contributed by atoms with Crippen LogP contribution in [0.5, 0.6) is 0 Å². The quantitative estimate of drug-likeness (QED) is 0.940. The Morgan fingerprint density at radius 2 is 2.00 bits per heavy atom. The first-order valence-electron chi connectivity index (χ1n) is 6.03. The van der Waals surface area contributed by atoms with E-state index in [0.717, 1.165) is 22.4 Å². The van der Waals surface area contributed by atoms with E-state index in [9.17, 15) is 5.11 Å². The summed E-state index contributed by atoms with van der Waals surface area (Å²) in [6.45, 7) is 3.80. The lowest BCUT2D eigenvalue weighted by atomic mass is 10.0. The van der Waals surface area contributed by atoms with Crippen molar-refractivity contribution in [1.29, 1.82) is 0 Å².